The minimum Gasteiger partial charge on any atom is -0.497 e. The van der Waals surface area contributed by atoms with Gasteiger partial charge in [0, 0.05) is 17.1 Å². The molecule has 0 aliphatic carbocycles. The molecule has 0 aliphatic heterocycles. The first-order valence-electron chi connectivity index (χ1n) is 6.57. The Morgan fingerprint density at radius 1 is 1.27 bits per heavy atom. The molecule has 2 aromatic carbocycles. The standard InChI is InChI=1S/C16H13BrN2O2S/c1-19-14-12(17)7-4-8-13(14)22-16(19)18-15(20)10-5-3-6-11(9-10)21-2/h3-9H,1-2H3. The van der Waals surface area contributed by atoms with Gasteiger partial charge in [0.1, 0.15) is 5.75 Å². The van der Waals surface area contributed by atoms with Crippen molar-refractivity contribution < 1.29 is 9.53 Å². The van der Waals surface area contributed by atoms with Crippen LogP contribution in [0.1, 0.15) is 10.4 Å². The summed E-state index contributed by atoms with van der Waals surface area (Å²) >= 11 is 5.02. The van der Waals surface area contributed by atoms with Crippen LogP contribution in [0.4, 0.5) is 0 Å². The van der Waals surface area contributed by atoms with Crippen LogP contribution in [0.5, 0.6) is 5.75 Å². The molecule has 22 heavy (non-hydrogen) atoms. The lowest BCUT2D eigenvalue weighted by Gasteiger charge is -2.01. The van der Waals surface area contributed by atoms with E-state index in [0.717, 1.165) is 14.7 Å². The average molecular weight is 377 g/mol. The second-order valence-electron chi connectivity index (χ2n) is 4.68. The molecular formula is C16H13BrN2O2S. The van der Waals surface area contributed by atoms with Crippen molar-refractivity contribution in [2.75, 3.05) is 7.11 Å². The molecule has 6 heteroatoms. The monoisotopic (exact) mass is 376 g/mol. The number of methoxy groups -OCH3 is 1. The number of aromatic nitrogens is 1. The van der Waals surface area contributed by atoms with Crippen LogP contribution >= 0.6 is 27.3 Å². The van der Waals surface area contributed by atoms with Crippen molar-refractivity contribution in [3.05, 3.63) is 57.3 Å². The summed E-state index contributed by atoms with van der Waals surface area (Å²) in [5.74, 6) is 0.363. The highest BCUT2D eigenvalue weighted by molar-refractivity contribution is 9.10. The molecule has 1 aromatic heterocycles. The van der Waals surface area contributed by atoms with Crippen molar-refractivity contribution in [2.24, 2.45) is 12.0 Å². The minimum atomic E-state index is -0.280. The Labute approximate surface area is 139 Å². The number of ether oxygens (including phenoxy) is 1. The van der Waals surface area contributed by atoms with Gasteiger partial charge in [0.15, 0.2) is 4.80 Å². The Bertz CT molecular complexity index is 927. The van der Waals surface area contributed by atoms with Crippen molar-refractivity contribution in [3.63, 3.8) is 0 Å². The fourth-order valence-electron chi connectivity index (χ4n) is 2.17. The maximum atomic E-state index is 12.4. The zero-order valence-corrected chi connectivity index (χ0v) is 14.4. The molecule has 0 spiro atoms. The Morgan fingerprint density at radius 3 is 2.77 bits per heavy atom. The Balaban J connectivity index is 2.10. The van der Waals surface area contributed by atoms with Gasteiger partial charge in [-0.3, -0.25) is 4.79 Å². The average Bonchev–Trinajstić information content (AvgIpc) is 2.85. The first kappa shape index (κ1) is 15.0. The van der Waals surface area contributed by atoms with E-state index in [0.29, 0.717) is 16.1 Å². The van der Waals surface area contributed by atoms with Crippen molar-refractivity contribution >= 4 is 43.4 Å². The number of thiazole rings is 1. The number of hydrogen-bond acceptors (Lipinski definition) is 3. The van der Waals surface area contributed by atoms with Crippen molar-refractivity contribution in [1.29, 1.82) is 0 Å². The number of carbonyl (C=O) groups excluding carboxylic acids is 1. The van der Waals surface area contributed by atoms with Gasteiger partial charge in [-0.15, -0.1) is 0 Å². The van der Waals surface area contributed by atoms with E-state index in [2.05, 4.69) is 20.9 Å². The van der Waals surface area contributed by atoms with Crippen molar-refractivity contribution in [2.45, 2.75) is 0 Å². The molecule has 0 atom stereocenters. The number of rotatable bonds is 2. The van der Waals surface area contributed by atoms with Crippen LogP contribution in [0.3, 0.4) is 0 Å². The summed E-state index contributed by atoms with van der Waals surface area (Å²) in [6.45, 7) is 0. The first-order chi connectivity index (χ1) is 10.6. The molecule has 3 aromatic rings. The zero-order chi connectivity index (χ0) is 15.7. The van der Waals surface area contributed by atoms with Crippen LogP contribution in [0.15, 0.2) is 51.9 Å². The van der Waals surface area contributed by atoms with E-state index in [4.69, 9.17) is 4.74 Å². The van der Waals surface area contributed by atoms with Crippen LogP contribution < -0.4 is 9.54 Å². The van der Waals surface area contributed by atoms with E-state index in [1.54, 1.807) is 31.4 Å². The van der Waals surface area contributed by atoms with Gasteiger partial charge in [-0.1, -0.05) is 23.5 Å². The van der Waals surface area contributed by atoms with E-state index in [9.17, 15) is 4.79 Å². The highest BCUT2D eigenvalue weighted by Crippen LogP contribution is 2.25. The largest absolute Gasteiger partial charge is 0.497 e. The topological polar surface area (TPSA) is 43.6 Å². The van der Waals surface area contributed by atoms with Crippen molar-refractivity contribution in [1.82, 2.24) is 4.57 Å². The lowest BCUT2D eigenvalue weighted by molar-refractivity contribution is 0.0997. The number of para-hydroxylation sites is 1. The number of carbonyl (C=O) groups is 1. The van der Waals surface area contributed by atoms with Crippen molar-refractivity contribution in [3.8, 4) is 5.75 Å². The molecule has 0 fully saturated rings. The Morgan fingerprint density at radius 2 is 2.05 bits per heavy atom. The van der Waals surface area contributed by atoms with Crippen LogP contribution in [0.2, 0.25) is 0 Å². The molecule has 4 nitrogen and oxygen atoms in total. The summed E-state index contributed by atoms with van der Waals surface area (Å²) in [5.41, 5.74) is 1.54. The molecular weight excluding hydrogens is 364 g/mol. The van der Waals surface area contributed by atoms with Gasteiger partial charge in [-0.05, 0) is 46.3 Å². The van der Waals surface area contributed by atoms with Gasteiger partial charge in [0.05, 0.1) is 17.3 Å². The van der Waals surface area contributed by atoms with E-state index in [-0.39, 0.29) is 5.91 Å². The molecule has 1 amide bonds. The third-order valence-corrected chi connectivity index (χ3v) is 5.02. The highest BCUT2D eigenvalue weighted by Gasteiger charge is 2.09. The number of halogens is 1. The molecule has 0 aliphatic rings. The predicted molar refractivity (Wildman–Crippen MR) is 91.4 cm³/mol. The maximum Gasteiger partial charge on any atom is 0.279 e. The fraction of sp³-hybridized carbons (Fsp3) is 0.125. The van der Waals surface area contributed by atoms with E-state index in [1.807, 2.05) is 29.8 Å². The van der Waals surface area contributed by atoms with Gasteiger partial charge >= 0.3 is 0 Å². The number of fused-ring (bicyclic) bond motifs is 1. The quantitative estimate of drug-likeness (QED) is 0.683. The smallest absolute Gasteiger partial charge is 0.279 e. The summed E-state index contributed by atoms with van der Waals surface area (Å²) in [4.78, 5) is 17.3. The number of nitrogens with zero attached hydrogens (tertiary/aromatic N) is 2. The molecule has 0 saturated carbocycles. The fourth-order valence-corrected chi connectivity index (χ4v) is 3.98. The van der Waals surface area contributed by atoms with Crippen LogP contribution in [-0.2, 0) is 7.05 Å². The summed E-state index contributed by atoms with van der Waals surface area (Å²) in [6, 6.07) is 13.0. The third kappa shape index (κ3) is 2.71. The maximum absolute atomic E-state index is 12.4. The molecule has 0 bridgehead atoms. The SMILES string of the molecule is COc1cccc(C(=O)N=c2sc3cccc(Br)c3n2C)c1. The van der Waals surface area contributed by atoms with Gasteiger partial charge in [0.2, 0.25) is 0 Å². The minimum absolute atomic E-state index is 0.280. The third-order valence-electron chi connectivity index (χ3n) is 3.29. The lowest BCUT2D eigenvalue weighted by Crippen LogP contribution is -2.13. The number of aryl methyl sites for hydroxylation is 1. The Hall–Kier alpha value is -1.92. The molecule has 0 unspecified atom stereocenters. The van der Waals surface area contributed by atoms with E-state index < -0.39 is 0 Å². The molecule has 112 valence electrons. The zero-order valence-electron chi connectivity index (χ0n) is 12.0. The lowest BCUT2D eigenvalue weighted by atomic mass is 10.2. The van der Waals surface area contributed by atoms with Crippen LogP contribution in [0, 0.1) is 0 Å². The van der Waals surface area contributed by atoms with Crippen LogP contribution in [-0.4, -0.2) is 17.6 Å². The second-order valence-corrected chi connectivity index (χ2v) is 6.54. The summed E-state index contributed by atoms with van der Waals surface area (Å²) in [7, 11) is 3.48. The predicted octanol–water partition coefficient (Wildman–Crippen LogP) is 3.75. The van der Waals surface area contributed by atoms with Gasteiger partial charge in [-0.25, -0.2) is 0 Å². The number of amides is 1. The molecule has 0 saturated heterocycles. The van der Waals surface area contributed by atoms with Gasteiger partial charge in [-0.2, -0.15) is 4.99 Å². The van der Waals surface area contributed by atoms with Crippen LogP contribution in [0.25, 0.3) is 10.2 Å². The first-order valence-corrected chi connectivity index (χ1v) is 8.18. The molecule has 0 radical (unpaired) electrons. The van der Waals surface area contributed by atoms with E-state index in [1.165, 1.54) is 11.3 Å². The van der Waals surface area contributed by atoms with Gasteiger partial charge in [0.25, 0.3) is 5.91 Å². The summed E-state index contributed by atoms with van der Waals surface area (Å²) < 4.78 is 9.12. The van der Waals surface area contributed by atoms with E-state index >= 15 is 0 Å². The normalized spacial score (nSPS) is 11.9. The summed E-state index contributed by atoms with van der Waals surface area (Å²) in [6.07, 6.45) is 0. The van der Waals surface area contributed by atoms with Gasteiger partial charge < -0.3 is 9.30 Å². The summed E-state index contributed by atoms with van der Waals surface area (Å²) in [5, 5.41) is 0. The second kappa shape index (κ2) is 6.06. The number of benzene rings is 2. The Kier molecular flexibility index (Phi) is 4.13. The molecule has 3 rings (SSSR count). The molecule has 0 N–H and O–H groups in total. The molecule has 1 heterocycles. The number of hydrogen-bond donors (Lipinski definition) is 0. The highest BCUT2D eigenvalue weighted by atomic mass is 79.9.